The van der Waals surface area contributed by atoms with Crippen LogP contribution in [0, 0.1) is 11.3 Å². The second kappa shape index (κ2) is 8.92. The molecule has 0 bridgehead atoms. The molecule has 1 atom stereocenters. The van der Waals surface area contributed by atoms with E-state index in [1.165, 1.54) is 6.42 Å². The molecule has 1 aliphatic rings. The van der Waals surface area contributed by atoms with E-state index in [2.05, 4.69) is 0 Å². The highest BCUT2D eigenvalue weighted by molar-refractivity contribution is 5.73. The Balaban J connectivity index is 0.000000396. The molecule has 118 valence electrons. The lowest BCUT2D eigenvalue weighted by atomic mass is 9.72. The van der Waals surface area contributed by atoms with Gasteiger partial charge in [0.05, 0.1) is 6.42 Å². The van der Waals surface area contributed by atoms with Crippen LogP contribution in [0.15, 0.2) is 0 Å². The first-order valence-electron chi connectivity index (χ1n) is 7.14. The van der Waals surface area contributed by atoms with E-state index in [-0.39, 0.29) is 17.8 Å². The summed E-state index contributed by atoms with van der Waals surface area (Å²) in [6.45, 7) is 4.08. The van der Waals surface area contributed by atoms with Crippen LogP contribution < -0.4 is 11.5 Å². The molecule has 0 radical (unpaired) electrons. The number of rotatable bonds is 5. The monoisotopic (exact) mass is 288 g/mol. The van der Waals surface area contributed by atoms with E-state index in [0.717, 1.165) is 25.7 Å². The minimum Gasteiger partial charge on any atom is -0.481 e. The second-order valence-corrected chi connectivity index (χ2v) is 5.94. The predicted molar refractivity (Wildman–Crippen MR) is 77.3 cm³/mol. The lowest BCUT2D eigenvalue weighted by Gasteiger charge is -2.34. The molecule has 0 unspecified atom stereocenters. The van der Waals surface area contributed by atoms with Gasteiger partial charge in [0.2, 0.25) is 0 Å². The van der Waals surface area contributed by atoms with Gasteiger partial charge in [-0.25, -0.2) is 0 Å². The zero-order valence-corrected chi connectivity index (χ0v) is 12.5. The van der Waals surface area contributed by atoms with Crippen LogP contribution in [0.2, 0.25) is 0 Å². The molecule has 6 heteroatoms. The molecule has 0 aromatic rings. The van der Waals surface area contributed by atoms with E-state index in [1.807, 2.05) is 0 Å². The Hall–Kier alpha value is -1.14. The Morgan fingerprint density at radius 2 is 1.65 bits per heavy atom. The Labute approximate surface area is 120 Å². The maximum absolute atomic E-state index is 10.6. The molecular formula is C14H28N2O4. The zero-order chi connectivity index (χ0) is 15.8. The molecule has 20 heavy (non-hydrogen) atoms. The van der Waals surface area contributed by atoms with Gasteiger partial charge >= 0.3 is 11.9 Å². The predicted octanol–water partition coefficient (Wildman–Crippen LogP) is 1.42. The number of aliphatic carboxylic acids is 2. The van der Waals surface area contributed by atoms with E-state index < -0.39 is 18.0 Å². The summed E-state index contributed by atoms with van der Waals surface area (Å²) in [6, 6.07) is -0.713. The van der Waals surface area contributed by atoms with Crippen molar-refractivity contribution in [3.8, 4) is 0 Å². The quantitative estimate of drug-likeness (QED) is 0.606. The molecule has 0 spiro atoms. The third-order valence-corrected chi connectivity index (χ3v) is 3.88. The first kappa shape index (κ1) is 18.9. The van der Waals surface area contributed by atoms with Crippen LogP contribution in [-0.2, 0) is 9.59 Å². The highest BCUT2D eigenvalue weighted by atomic mass is 16.4. The summed E-state index contributed by atoms with van der Waals surface area (Å²) in [5.74, 6) is -1.62. The molecule has 0 aliphatic heterocycles. The molecular weight excluding hydrogens is 260 g/mol. The van der Waals surface area contributed by atoms with Gasteiger partial charge in [0.25, 0.3) is 0 Å². The number of nitrogens with two attached hydrogens (primary N) is 2. The lowest BCUT2D eigenvalue weighted by molar-refractivity contribution is -0.141. The normalized spacial score (nSPS) is 18.9. The van der Waals surface area contributed by atoms with Gasteiger partial charge in [-0.3, -0.25) is 9.59 Å². The second-order valence-electron chi connectivity index (χ2n) is 5.94. The summed E-state index contributed by atoms with van der Waals surface area (Å²) in [5.41, 5.74) is 10.7. The summed E-state index contributed by atoms with van der Waals surface area (Å²) < 4.78 is 0. The fraction of sp³-hybridized carbons (Fsp3) is 0.857. The van der Waals surface area contributed by atoms with Gasteiger partial charge in [0.15, 0.2) is 0 Å². The number of carboxylic acids is 2. The Kier molecular flexibility index (Phi) is 8.41. The van der Waals surface area contributed by atoms with Crippen molar-refractivity contribution in [2.45, 2.75) is 58.4 Å². The summed E-state index contributed by atoms with van der Waals surface area (Å²) in [5, 5.41) is 16.9. The first-order chi connectivity index (χ1) is 9.24. The highest BCUT2D eigenvalue weighted by Gasteiger charge is 2.32. The summed E-state index contributed by atoms with van der Waals surface area (Å²) in [4.78, 5) is 20.6. The Morgan fingerprint density at radius 3 is 1.90 bits per heavy atom. The van der Waals surface area contributed by atoms with Gasteiger partial charge in [-0.05, 0) is 30.7 Å². The van der Waals surface area contributed by atoms with Crippen LogP contribution >= 0.6 is 0 Å². The summed E-state index contributed by atoms with van der Waals surface area (Å²) in [7, 11) is 0. The third-order valence-electron chi connectivity index (χ3n) is 3.88. The van der Waals surface area contributed by atoms with Crippen molar-refractivity contribution in [1.29, 1.82) is 0 Å². The van der Waals surface area contributed by atoms with Crippen LogP contribution in [0.4, 0.5) is 0 Å². The summed E-state index contributed by atoms with van der Waals surface area (Å²) in [6.07, 6.45) is 5.77. The maximum atomic E-state index is 10.6. The third kappa shape index (κ3) is 6.86. The number of hydrogen-bond donors (Lipinski definition) is 4. The van der Waals surface area contributed by atoms with E-state index in [1.54, 1.807) is 13.8 Å². The highest BCUT2D eigenvalue weighted by Crippen LogP contribution is 2.38. The van der Waals surface area contributed by atoms with Crippen molar-refractivity contribution in [3.05, 3.63) is 0 Å². The minimum absolute atomic E-state index is 0.0208. The van der Waals surface area contributed by atoms with E-state index >= 15 is 0 Å². The molecule has 1 saturated carbocycles. The zero-order valence-electron chi connectivity index (χ0n) is 12.5. The Morgan fingerprint density at radius 1 is 1.15 bits per heavy atom. The Bertz CT molecular complexity index is 312. The van der Waals surface area contributed by atoms with Crippen LogP contribution in [-0.4, -0.2) is 34.7 Å². The van der Waals surface area contributed by atoms with Crippen LogP contribution in [0.1, 0.15) is 52.4 Å². The van der Waals surface area contributed by atoms with Crippen molar-refractivity contribution in [1.82, 2.24) is 0 Å². The summed E-state index contributed by atoms with van der Waals surface area (Å²) >= 11 is 0. The van der Waals surface area contributed by atoms with Gasteiger partial charge in [-0.15, -0.1) is 0 Å². The van der Waals surface area contributed by atoms with Gasteiger partial charge in [0, 0.05) is 0 Å². The van der Waals surface area contributed by atoms with E-state index in [0.29, 0.717) is 6.54 Å². The molecule has 6 N–H and O–H groups in total. The number of carbonyl (C=O) groups is 2. The van der Waals surface area contributed by atoms with E-state index in [4.69, 9.17) is 21.7 Å². The van der Waals surface area contributed by atoms with Gasteiger partial charge in [-0.2, -0.15) is 0 Å². The maximum Gasteiger partial charge on any atom is 0.320 e. The van der Waals surface area contributed by atoms with Gasteiger partial charge in [-0.1, -0.05) is 33.1 Å². The van der Waals surface area contributed by atoms with Crippen LogP contribution in [0.5, 0.6) is 0 Å². The molecule has 1 fully saturated rings. The lowest BCUT2D eigenvalue weighted by Crippen LogP contribution is -2.34. The molecule has 0 aromatic carbocycles. The van der Waals surface area contributed by atoms with Crippen molar-refractivity contribution in [2.24, 2.45) is 22.8 Å². The molecule has 6 nitrogen and oxygen atoms in total. The van der Waals surface area contributed by atoms with Crippen molar-refractivity contribution in [2.75, 3.05) is 6.54 Å². The first-order valence-corrected chi connectivity index (χ1v) is 7.14. The van der Waals surface area contributed by atoms with Crippen molar-refractivity contribution in [3.63, 3.8) is 0 Å². The molecule has 1 aliphatic carbocycles. The molecule has 0 amide bonds. The fourth-order valence-corrected chi connectivity index (χ4v) is 2.36. The van der Waals surface area contributed by atoms with Crippen molar-refractivity contribution >= 4 is 11.9 Å². The van der Waals surface area contributed by atoms with Crippen molar-refractivity contribution < 1.29 is 19.8 Å². The topological polar surface area (TPSA) is 127 Å². The van der Waals surface area contributed by atoms with E-state index in [9.17, 15) is 9.59 Å². The standard InChI is InChI=1S/C9H17NO2.C5H11NO2/c10-7-9(6-8(11)12)4-2-1-3-5-9;1-3(2)4(6)5(7)8/h1-7,10H2,(H,11,12);3-4H,6H2,1-2H3,(H,7,8)/t;4-/m.0/s1. The molecule has 0 heterocycles. The number of hydrogen-bond acceptors (Lipinski definition) is 4. The van der Waals surface area contributed by atoms with Crippen LogP contribution in [0.3, 0.4) is 0 Å². The number of carboxylic acid groups (broad SMARTS) is 2. The van der Waals surface area contributed by atoms with Gasteiger partial charge < -0.3 is 21.7 Å². The fourth-order valence-electron chi connectivity index (χ4n) is 2.36. The van der Waals surface area contributed by atoms with Gasteiger partial charge in [0.1, 0.15) is 6.04 Å². The average Bonchev–Trinajstić information content (AvgIpc) is 2.38. The largest absolute Gasteiger partial charge is 0.481 e. The smallest absolute Gasteiger partial charge is 0.320 e. The van der Waals surface area contributed by atoms with Crippen LogP contribution in [0.25, 0.3) is 0 Å². The minimum atomic E-state index is -0.931. The molecule has 0 aromatic heterocycles. The molecule has 0 saturated heterocycles. The average molecular weight is 288 g/mol. The SMILES string of the molecule is CC(C)[C@H](N)C(=O)O.NCC1(CC(=O)O)CCCCC1. The molecule has 1 rings (SSSR count).